The number of aliphatic hydroxyl groups excluding tert-OH is 2. The lowest BCUT2D eigenvalue weighted by Gasteiger charge is -2.49. The number of phenolic OH excluding ortho intramolecular Hbond substituents is 1. The van der Waals surface area contributed by atoms with Gasteiger partial charge in [0.1, 0.15) is 17.5 Å². The molecule has 3 rings (SSSR count). The average Bonchev–Trinajstić information content (AvgIpc) is 2.64. The summed E-state index contributed by atoms with van der Waals surface area (Å²) in [7, 11) is -4.08. The van der Waals surface area contributed by atoms with Gasteiger partial charge >= 0.3 is 5.97 Å². The number of amides is 2. The number of nitrogens with zero attached hydrogens (tertiary/aromatic N) is 1. The second-order valence-electron chi connectivity index (χ2n) is 6.30. The fourth-order valence-corrected chi connectivity index (χ4v) is 5.20. The maximum atomic E-state index is 12.4. The highest BCUT2D eigenvalue weighted by molar-refractivity contribution is 7.92. The number of aliphatic hydroxyl groups is 2. The van der Waals surface area contributed by atoms with E-state index >= 15 is 0 Å². The first-order valence-electron chi connectivity index (χ1n) is 7.96. The average molecular weight is 412 g/mol. The summed E-state index contributed by atoms with van der Waals surface area (Å²) in [5, 5.41) is 38.3. The summed E-state index contributed by atoms with van der Waals surface area (Å²) >= 11 is 0. The molecule has 0 spiro atoms. The van der Waals surface area contributed by atoms with Gasteiger partial charge in [0, 0.05) is 5.57 Å². The second kappa shape index (κ2) is 6.89. The van der Waals surface area contributed by atoms with Gasteiger partial charge in [-0.15, -0.1) is 0 Å². The number of benzene rings is 1. The number of aliphatic carboxylic acids is 1. The number of nitrogens with one attached hydrogen (secondary N) is 1. The van der Waals surface area contributed by atoms with Gasteiger partial charge in [0.25, 0.3) is 11.8 Å². The van der Waals surface area contributed by atoms with Crippen LogP contribution in [0.5, 0.6) is 5.75 Å². The van der Waals surface area contributed by atoms with Crippen LogP contribution in [0.25, 0.3) is 0 Å². The van der Waals surface area contributed by atoms with Gasteiger partial charge in [-0.2, -0.15) is 0 Å². The Morgan fingerprint density at radius 3 is 2.39 bits per heavy atom. The molecule has 150 valence electrons. The summed E-state index contributed by atoms with van der Waals surface area (Å²) in [6.07, 6.45) is -1.74. The van der Waals surface area contributed by atoms with E-state index in [1.165, 1.54) is 24.3 Å². The molecule has 1 fully saturated rings. The molecule has 2 amide bonds. The minimum absolute atomic E-state index is 0.0952. The minimum atomic E-state index is -4.08. The van der Waals surface area contributed by atoms with Gasteiger partial charge in [0.15, 0.2) is 21.3 Å². The molecule has 2 aliphatic heterocycles. The highest BCUT2D eigenvalue weighted by atomic mass is 32.2. The lowest BCUT2D eigenvalue weighted by Crippen LogP contribution is -2.75. The quantitative estimate of drug-likeness (QED) is 0.336. The van der Waals surface area contributed by atoms with Crippen molar-refractivity contribution in [1.82, 2.24) is 10.2 Å². The lowest BCUT2D eigenvalue weighted by molar-refractivity contribution is -0.152. The predicted molar refractivity (Wildman–Crippen MR) is 91.2 cm³/mol. The first kappa shape index (κ1) is 19.8. The zero-order valence-electron chi connectivity index (χ0n) is 14.1. The third-order valence-electron chi connectivity index (χ3n) is 4.51. The highest BCUT2D eigenvalue weighted by Gasteiger charge is 2.60. The Morgan fingerprint density at radius 1 is 1.25 bits per heavy atom. The normalized spacial score (nSPS) is 24.2. The first-order chi connectivity index (χ1) is 13.1. The summed E-state index contributed by atoms with van der Waals surface area (Å²) in [4.78, 5) is 36.5. The smallest absolute Gasteiger partial charge is 0.352 e. The van der Waals surface area contributed by atoms with Crippen LogP contribution < -0.4 is 5.32 Å². The summed E-state index contributed by atoms with van der Waals surface area (Å²) in [5.41, 5.74) is -0.859. The number of hydrogen-bond donors (Lipinski definition) is 5. The van der Waals surface area contributed by atoms with Crippen LogP contribution in [0.1, 0.15) is 11.7 Å². The van der Waals surface area contributed by atoms with Gasteiger partial charge < -0.3 is 25.7 Å². The van der Waals surface area contributed by atoms with Crippen LogP contribution in [-0.2, 0) is 24.2 Å². The molecular formula is C16H16N2O9S. The molecule has 0 bridgehead atoms. The Hall–Kier alpha value is -2.96. The van der Waals surface area contributed by atoms with E-state index in [1.54, 1.807) is 0 Å². The molecule has 11 nitrogen and oxygen atoms in total. The molecule has 0 aliphatic carbocycles. The number of rotatable bonds is 5. The van der Waals surface area contributed by atoms with Crippen LogP contribution in [0, 0.1) is 0 Å². The number of aromatic hydroxyl groups is 1. The molecule has 5 N–H and O–H groups in total. The Morgan fingerprint density at radius 2 is 1.86 bits per heavy atom. The van der Waals surface area contributed by atoms with Crippen LogP contribution >= 0.6 is 0 Å². The molecule has 0 radical (unpaired) electrons. The molecule has 1 aromatic rings. The van der Waals surface area contributed by atoms with E-state index in [1.807, 2.05) is 0 Å². The van der Waals surface area contributed by atoms with Gasteiger partial charge in [-0.1, -0.05) is 12.1 Å². The van der Waals surface area contributed by atoms with Crippen molar-refractivity contribution in [3.05, 3.63) is 41.1 Å². The van der Waals surface area contributed by atoms with Gasteiger partial charge in [-0.3, -0.25) is 14.5 Å². The van der Waals surface area contributed by atoms with Gasteiger partial charge in [-0.25, -0.2) is 13.2 Å². The monoisotopic (exact) mass is 412 g/mol. The number of carboxylic acids is 1. The third kappa shape index (κ3) is 3.10. The van der Waals surface area contributed by atoms with Crippen molar-refractivity contribution in [3.8, 4) is 5.75 Å². The van der Waals surface area contributed by atoms with Crippen LogP contribution in [0.2, 0.25) is 0 Å². The SMILES string of the molecule is O=C(O)C1=C(CO)CS(=O)(=O)[C@H]2[C@@H](NC(=O)C(O)c3ccc(O)cc3)C(=O)N12. The van der Waals surface area contributed by atoms with E-state index in [2.05, 4.69) is 5.32 Å². The van der Waals surface area contributed by atoms with Gasteiger partial charge in [0.2, 0.25) is 0 Å². The molecule has 2 aliphatic rings. The summed E-state index contributed by atoms with van der Waals surface area (Å²) in [5.74, 6) is -4.49. The third-order valence-corrected chi connectivity index (χ3v) is 6.48. The number of carboxylic acid groups (broad SMARTS) is 1. The van der Waals surface area contributed by atoms with E-state index in [0.717, 1.165) is 0 Å². The van der Waals surface area contributed by atoms with E-state index in [-0.39, 0.29) is 16.9 Å². The van der Waals surface area contributed by atoms with Crippen molar-refractivity contribution in [2.24, 2.45) is 0 Å². The molecule has 1 unspecified atom stereocenters. The molecule has 12 heteroatoms. The van der Waals surface area contributed by atoms with E-state index < -0.39 is 63.2 Å². The molecular weight excluding hydrogens is 396 g/mol. The fraction of sp³-hybridized carbons (Fsp3) is 0.312. The summed E-state index contributed by atoms with van der Waals surface area (Å²) < 4.78 is 24.8. The maximum absolute atomic E-state index is 12.4. The van der Waals surface area contributed by atoms with E-state index in [4.69, 9.17) is 0 Å². The second-order valence-corrected chi connectivity index (χ2v) is 8.40. The molecule has 1 saturated heterocycles. The van der Waals surface area contributed by atoms with Crippen LogP contribution in [0.3, 0.4) is 0 Å². The Kier molecular flexibility index (Phi) is 4.87. The lowest BCUT2D eigenvalue weighted by atomic mass is 10.0. The van der Waals surface area contributed by atoms with Crippen molar-refractivity contribution >= 4 is 27.6 Å². The number of β-lactam (4-membered cyclic amide) rings is 1. The van der Waals surface area contributed by atoms with Crippen molar-refractivity contribution < 1.29 is 43.2 Å². The van der Waals surface area contributed by atoms with E-state index in [0.29, 0.717) is 4.90 Å². The number of carbonyl (C=O) groups excluding carboxylic acids is 2. The topological polar surface area (TPSA) is 182 Å². The molecule has 2 heterocycles. The molecule has 0 aromatic heterocycles. The standard InChI is InChI=1S/C16H16N2O9S/c19-5-8-6-28(26,27)15-10(14(23)18(15)11(8)16(24)25)17-13(22)12(21)7-1-3-9(20)4-2-7/h1-4,10,12,15,19-21H,5-6H2,(H,17,22)(H,24,25)/t10-,12?,15-/m0/s1. The van der Waals surface area contributed by atoms with Gasteiger partial charge in [0.05, 0.1) is 12.4 Å². The zero-order chi connectivity index (χ0) is 20.8. The number of fused-ring (bicyclic) bond motifs is 1. The minimum Gasteiger partial charge on any atom is -0.508 e. The van der Waals surface area contributed by atoms with Crippen molar-refractivity contribution in [2.45, 2.75) is 17.5 Å². The largest absolute Gasteiger partial charge is 0.508 e. The zero-order valence-corrected chi connectivity index (χ0v) is 15.0. The Bertz CT molecular complexity index is 984. The highest BCUT2D eigenvalue weighted by Crippen LogP contribution is 2.36. The van der Waals surface area contributed by atoms with Crippen molar-refractivity contribution in [2.75, 3.05) is 12.4 Å². The van der Waals surface area contributed by atoms with Crippen LogP contribution in [0.15, 0.2) is 35.5 Å². The van der Waals surface area contributed by atoms with Crippen molar-refractivity contribution in [1.29, 1.82) is 0 Å². The summed E-state index contributed by atoms with van der Waals surface area (Å²) in [6.45, 7) is -0.853. The molecule has 1 aromatic carbocycles. The molecule has 28 heavy (non-hydrogen) atoms. The first-order valence-corrected chi connectivity index (χ1v) is 9.68. The number of carbonyl (C=O) groups is 3. The predicted octanol–water partition coefficient (Wildman–Crippen LogP) is -2.16. The van der Waals surface area contributed by atoms with E-state index in [9.17, 15) is 43.2 Å². The van der Waals surface area contributed by atoms with Crippen molar-refractivity contribution in [3.63, 3.8) is 0 Å². The fourth-order valence-electron chi connectivity index (χ4n) is 3.18. The Balaban J connectivity index is 1.85. The molecule has 0 saturated carbocycles. The number of hydrogen-bond acceptors (Lipinski definition) is 8. The van der Waals surface area contributed by atoms with Crippen LogP contribution in [-0.4, -0.2) is 75.3 Å². The Labute approximate surface area is 158 Å². The van der Waals surface area contributed by atoms with Crippen LogP contribution in [0.4, 0.5) is 0 Å². The maximum Gasteiger partial charge on any atom is 0.352 e. The summed E-state index contributed by atoms with van der Waals surface area (Å²) in [6, 6.07) is 3.43. The number of phenols is 1. The number of sulfone groups is 1. The van der Waals surface area contributed by atoms with Gasteiger partial charge in [-0.05, 0) is 17.7 Å². The molecule has 3 atom stereocenters.